The summed E-state index contributed by atoms with van der Waals surface area (Å²) in [6.07, 6.45) is 3.97. The van der Waals surface area contributed by atoms with Gasteiger partial charge in [-0.15, -0.1) is 0 Å². The summed E-state index contributed by atoms with van der Waals surface area (Å²) < 4.78 is 0. The second kappa shape index (κ2) is 4.78. The first kappa shape index (κ1) is 11.3. The van der Waals surface area contributed by atoms with Crippen LogP contribution in [0.2, 0.25) is 0 Å². The van der Waals surface area contributed by atoms with Gasteiger partial charge in [-0.25, -0.2) is 9.97 Å². The molecule has 0 radical (unpaired) electrons. The number of nitrogens with zero attached hydrogens (tertiary/aromatic N) is 2. The third-order valence-electron chi connectivity index (χ3n) is 3.03. The van der Waals surface area contributed by atoms with Crippen LogP contribution in [0.3, 0.4) is 0 Å². The monoisotopic (exact) mass is 221 g/mol. The number of rotatable bonds is 2. The first-order chi connectivity index (χ1) is 7.65. The van der Waals surface area contributed by atoms with Crippen molar-refractivity contribution in [3.63, 3.8) is 0 Å². The van der Waals surface area contributed by atoms with Crippen LogP contribution in [0, 0.1) is 13.8 Å². The van der Waals surface area contributed by atoms with Crippen molar-refractivity contribution in [1.29, 1.82) is 0 Å². The van der Waals surface area contributed by atoms with Crippen molar-refractivity contribution in [2.24, 2.45) is 0 Å². The van der Waals surface area contributed by atoms with Crippen LogP contribution < -0.4 is 5.32 Å². The Morgan fingerprint density at radius 2 is 2.00 bits per heavy atom. The molecule has 0 aliphatic heterocycles. The lowest BCUT2D eigenvalue weighted by molar-refractivity contribution is 0.116. The molecule has 0 bridgehead atoms. The smallest absolute Gasteiger partial charge is 0.130 e. The summed E-state index contributed by atoms with van der Waals surface area (Å²) in [4.78, 5) is 8.56. The van der Waals surface area contributed by atoms with Gasteiger partial charge in [-0.05, 0) is 26.7 Å². The number of anilines is 1. The van der Waals surface area contributed by atoms with Crippen LogP contribution in [0.25, 0.3) is 0 Å². The summed E-state index contributed by atoms with van der Waals surface area (Å²) in [5, 5.41) is 13.2. The number of aryl methyl sites for hydroxylation is 2. The van der Waals surface area contributed by atoms with Crippen LogP contribution in [0.1, 0.15) is 37.2 Å². The summed E-state index contributed by atoms with van der Waals surface area (Å²) in [5.41, 5.74) is 0.959. The second-order valence-electron chi connectivity index (χ2n) is 4.54. The summed E-state index contributed by atoms with van der Waals surface area (Å²) in [5.74, 6) is 1.60. The number of hydrogen-bond donors (Lipinski definition) is 2. The zero-order valence-corrected chi connectivity index (χ0v) is 9.90. The molecule has 1 aromatic heterocycles. The normalized spacial score (nSPS) is 25.4. The van der Waals surface area contributed by atoms with Crippen molar-refractivity contribution >= 4 is 5.82 Å². The highest BCUT2D eigenvalue weighted by Gasteiger charge is 2.23. The zero-order valence-electron chi connectivity index (χ0n) is 9.90. The van der Waals surface area contributed by atoms with Crippen molar-refractivity contribution < 1.29 is 5.11 Å². The summed E-state index contributed by atoms with van der Waals surface area (Å²) in [7, 11) is 0. The van der Waals surface area contributed by atoms with Crippen molar-refractivity contribution in [1.82, 2.24) is 9.97 Å². The van der Waals surface area contributed by atoms with E-state index in [-0.39, 0.29) is 12.1 Å². The van der Waals surface area contributed by atoms with Gasteiger partial charge in [0.1, 0.15) is 11.6 Å². The molecule has 0 saturated heterocycles. The molecule has 4 heteroatoms. The fourth-order valence-corrected chi connectivity index (χ4v) is 2.26. The summed E-state index contributed by atoms with van der Waals surface area (Å²) in [6, 6.07) is 2.07. The van der Waals surface area contributed by atoms with Crippen LogP contribution in [-0.2, 0) is 0 Å². The lowest BCUT2D eigenvalue weighted by Crippen LogP contribution is -2.36. The Morgan fingerprint density at radius 3 is 2.69 bits per heavy atom. The van der Waals surface area contributed by atoms with Crippen LogP contribution in [0.4, 0.5) is 5.82 Å². The molecule has 1 saturated carbocycles. The molecular formula is C12H19N3O. The number of aromatic nitrogens is 2. The maximum absolute atomic E-state index is 9.86. The van der Waals surface area contributed by atoms with E-state index in [2.05, 4.69) is 15.3 Å². The Kier molecular flexibility index (Phi) is 3.39. The maximum Gasteiger partial charge on any atom is 0.130 e. The molecule has 4 nitrogen and oxygen atoms in total. The average molecular weight is 221 g/mol. The highest BCUT2D eigenvalue weighted by molar-refractivity contribution is 5.37. The molecule has 0 amide bonds. The molecular weight excluding hydrogens is 202 g/mol. The Labute approximate surface area is 96.1 Å². The highest BCUT2D eigenvalue weighted by Crippen LogP contribution is 2.21. The third kappa shape index (κ3) is 2.70. The van der Waals surface area contributed by atoms with Crippen molar-refractivity contribution in [3.8, 4) is 0 Å². The van der Waals surface area contributed by atoms with Crippen LogP contribution in [0.15, 0.2) is 6.07 Å². The summed E-state index contributed by atoms with van der Waals surface area (Å²) in [6.45, 7) is 3.84. The molecule has 0 spiro atoms. The van der Waals surface area contributed by atoms with Crippen LogP contribution in [0.5, 0.6) is 0 Å². The molecule has 1 heterocycles. The van der Waals surface area contributed by atoms with Crippen molar-refractivity contribution in [2.75, 3.05) is 5.32 Å². The number of nitrogens with one attached hydrogen (secondary N) is 1. The second-order valence-corrected chi connectivity index (χ2v) is 4.54. The van der Waals surface area contributed by atoms with Crippen molar-refractivity contribution in [2.45, 2.75) is 51.7 Å². The molecule has 0 aromatic carbocycles. The van der Waals surface area contributed by atoms with Gasteiger partial charge in [-0.2, -0.15) is 0 Å². The lowest BCUT2D eigenvalue weighted by atomic mass is 9.92. The quantitative estimate of drug-likeness (QED) is 0.799. The van der Waals surface area contributed by atoms with E-state index in [4.69, 9.17) is 0 Å². The molecule has 1 aromatic rings. The Bertz CT molecular complexity index is 347. The Hall–Kier alpha value is -1.16. The molecule has 88 valence electrons. The molecule has 2 N–H and O–H groups in total. The Morgan fingerprint density at radius 1 is 1.25 bits per heavy atom. The minimum Gasteiger partial charge on any atom is -0.391 e. The van der Waals surface area contributed by atoms with Gasteiger partial charge in [0, 0.05) is 11.8 Å². The predicted molar refractivity (Wildman–Crippen MR) is 63.4 cm³/mol. The SMILES string of the molecule is Cc1cc(NC2CCCCC2O)nc(C)n1. The van der Waals surface area contributed by atoms with E-state index < -0.39 is 0 Å². The largest absolute Gasteiger partial charge is 0.391 e. The average Bonchev–Trinajstić information content (AvgIpc) is 2.20. The predicted octanol–water partition coefficient (Wildman–Crippen LogP) is 1.81. The van der Waals surface area contributed by atoms with Gasteiger partial charge in [0.2, 0.25) is 0 Å². The van der Waals surface area contributed by atoms with E-state index in [0.717, 1.165) is 36.6 Å². The van der Waals surface area contributed by atoms with Crippen molar-refractivity contribution in [3.05, 3.63) is 17.6 Å². The van der Waals surface area contributed by atoms with E-state index in [1.54, 1.807) is 0 Å². The molecule has 16 heavy (non-hydrogen) atoms. The van der Waals surface area contributed by atoms with Crippen LogP contribution in [-0.4, -0.2) is 27.2 Å². The highest BCUT2D eigenvalue weighted by atomic mass is 16.3. The lowest BCUT2D eigenvalue weighted by Gasteiger charge is -2.28. The van der Waals surface area contributed by atoms with E-state index in [1.165, 1.54) is 6.42 Å². The molecule has 2 rings (SSSR count). The third-order valence-corrected chi connectivity index (χ3v) is 3.03. The minimum absolute atomic E-state index is 0.141. The fraction of sp³-hybridized carbons (Fsp3) is 0.667. The van der Waals surface area contributed by atoms with E-state index in [1.807, 2.05) is 19.9 Å². The van der Waals surface area contributed by atoms with E-state index in [9.17, 15) is 5.11 Å². The standard InChI is InChI=1S/C12H19N3O/c1-8-7-12(14-9(2)13-8)15-10-5-3-4-6-11(10)16/h7,10-11,16H,3-6H2,1-2H3,(H,13,14,15). The Balaban J connectivity index is 2.07. The molecule has 2 atom stereocenters. The first-order valence-electron chi connectivity index (χ1n) is 5.92. The first-order valence-corrected chi connectivity index (χ1v) is 5.92. The zero-order chi connectivity index (χ0) is 11.5. The molecule has 2 unspecified atom stereocenters. The maximum atomic E-state index is 9.86. The minimum atomic E-state index is -0.246. The van der Waals surface area contributed by atoms with E-state index >= 15 is 0 Å². The summed E-state index contributed by atoms with van der Waals surface area (Å²) >= 11 is 0. The van der Waals surface area contributed by atoms with Gasteiger partial charge in [0.15, 0.2) is 0 Å². The topological polar surface area (TPSA) is 58.0 Å². The van der Waals surface area contributed by atoms with Gasteiger partial charge in [0.05, 0.1) is 12.1 Å². The molecule has 1 fully saturated rings. The van der Waals surface area contributed by atoms with Crippen LogP contribution >= 0.6 is 0 Å². The number of aliphatic hydroxyl groups excluding tert-OH is 1. The number of aliphatic hydroxyl groups is 1. The van der Waals surface area contributed by atoms with Gasteiger partial charge in [0.25, 0.3) is 0 Å². The molecule has 1 aliphatic rings. The van der Waals surface area contributed by atoms with Gasteiger partial charge >= 0.3 is 0 Å². The molecule has 1 aliphatic carbocycles. The number of hydrogen-bond acceptors (Lipinski definition) is 4. The van der Waals surface area contributed by atoms with Gasteiger partial charge in [-0.1, -0.05) is 12.8 Å². The van der Waals surface area contributed by atoms with Gasteiger partial charge in [-0.3, -0.25) is 0 Å². The fourth-order valence-electron chi connectivity index (χ4n) is 2.26. The van der Waals surface area contributed by atoms with E-state index in [0.29, 0.717) is 0 Å². The van der Waals surface area contributed by atoms with Gasteiger partial charge < -0.3 is 10.4 Å².